The van der Waals surface area contributed by atoms with Crippen LogP contribution in [0.5, 0.6) is 5.75 Å². The Kier molecular flexibility index (Phi) is 6.87. The molecule has 0 radical (unpaired) electrons. The number of esters is 1. The van der Waals surface area contributed by atoms with Gasteiger partial charge in [-0.25, -0.2) is 4.79 Å². The quantitative estimate of drug-likeness (QED) is 0.682. The lowest BCUT2D eigenvalue weighted by Crippen LogP contribution is -2.39. The van der Waals surface area contributed by atoms with Crippen molar-refractivity contribution in [2.24, 2.45) is 0 Å². The number of aryl methyl sites for hydroxylation is 1. The van der Waals surface area contributed by atoms with E-state index < -0.39 is 12.1 Å². The second kappa shape index (κ2) is 9.96. The molecule has 6 heteroatoms. The van der Waals surface area contributed by atoms with E-state index in [-0.39, 0.29) is 18.1 Å². The van der Waals surface area contributed by atoms with E-state index in [1.807, 2.05) is 12.1 Å². The molecule has 4 rings (SSSR count). The summed E-state index contributed by atoms with van der Waals surface area (Å²) in [4.78, 5) is 25.1. The van der Waals surface area contributed by atoms with Gasteiger partial charge in [0.25, 0.3) is 5.91 Å². The Morgan fingerprint density at radius 2 is 1.90 bits per heavy atom. The zero-order chi connectivity index (χ0) is 21.6. The van der Waals surface area contributed by atoms with E-state index in [1.54, 1.807) is 31.2 Å². The summed E-state index contributed by atoms with van der Waals surface area (Å²) in [5.41, 5.74) is 2.80. The molecule has 1 heterocycles. The Morgan fingerprint density at radius 1 is 1.10 bits per heavy atom. The topological polar surface area (TPSA) is 73.9 Å². The molecule has 0 saturated carbocycles. The minimum absolute atomic E-state index is 0.0427. The van der Waals surface area contributed by atoms with Gasteiger partial charge in [0, 0.05) is 6.61 Å². The van der Waals surface area contributed by atoms with Crippen LogP contribution >= 0.6 is 0 Å². The van der Waals surface area contributed by atoms with Crippen molar-refractivity contribution < 1.29 is 23.8 Å². The summed E-state index contributed by atoms with van der Waals surface area (Å²) in [5, 5.41) is 3.04. The SMILES string of the molecule is C[C@@H](OC(=O)c1ccc(OC[C@@H]2CCCO2)cc1)C(=O)N[C@@H]1CCCc2ccccc21. The molecule has 6 nitrogen and oxygen atoms in total. The Bertz CT molecular complexity index is 904. The van der Waals surface area contributed by atoms with E-state index in [0.717, 1.165) is 44.3 Å². The number of fused-ring (bicyclic) bond motifs is 1. The van der Waals surface area contributed by atoms with Gasteiger partial charge in [0.1, 0.15) is 12.4 Å². The average molecular weight is 424 g/mol. The number of rotatable bonds is 7. The van der Waals surface area contributed by atoms with E-state index in [2.05, 4.69) is 17.4 Å². The van der Waals surface area contributed by atoms with Gasteiger partial charge in [-0.05, 0) is 74.4 Å². The molecule has 1 amide bonds. The molecule has 3 atom stereocenters. The molecular weight excluding hydrogens is 394 g/mol. The molecule has 2 aromatic carbocycles. The second-order valence-electron chi connectivity index (χ2n) is 8.17. The highest BCUT2D eigenvalue weighted by atomic mass is 16.5. The van der Waals surface area contributed by atoms with Crippen LogP contribution in [0.25, 0.3) is 0 Å². The number of carbonyl (C=O) groups is 2. The number of ether oxygens (including phenoxy) is 3. The first kappa shape index (κ1) is 21.4. The van der Waals surface area contributed by atoms with Crippen molar-refractivity contribution in [3.05, 3.63) is 65.2 Å². The van der Waals surface area contributed by atoms with Gasteiger partial charge >= 0.3 is 5.97 Å². The Balaban J connectivity index is 1.28. The first-order chi connectivity index (χ1) is 15.1. The molecule has 2 aromatic rings. The van der Waals surface area contributed by atoms with Crippen LogP contribution in [0.2, 0.25) is 0 Å². The van der Waals surface area contributed by atoms with E-state index >= 15 is 0 Å². The lowest BCUT2D eigenvalue weighted by atomic mass is 9.87. The van der Waals surface area contributed by atoms with Gasteiger partial charge in [-0.15, -0.1) is 0 Å². The Hall–Kier alpha value is -2.86. The lowest BCUT2D eigenvalue weighted by Gasteiger charge is -2.27. The summed E-state index contributed by atoms with van der Waals surface area (Å²) in [6.07, 6.45) is 4.28. The summed E-state index contributed by atoms with van der Waals surface area (Å²) in [7, 11) is 0. The van der Waals surface area contributed by atoms with Gasteiger partial charge < -0.3 is 19.5 Å². The molecule has 1 fully saturated rings. The van der Waals surface area contributed by atoms with Crippen molar-refractivity contribution in [2.75, 3.05) is 13.2 Å². The minimum atomic E-state index is -0.878. The number of carbonyl (C=O) groups excluding carboxylic acids is 2. The molecule has 1 N–H and O–H groups in total. The van der Waals surface area contributed by atoms with Gasteiger partial charge in [0.15, 0.2) is 6.10 Å². The lowest BCUT2D eigenvalue weighted by molar-refractivity contribution is -0.130. The molecule has 31 heavy (non-hydrogen) atoms. The van der Waals surface area contributed by atoms with Crippen LogP contribution in [-0.2, 0) is 20.7 Å². The molecule has 1 saturated heterocycles. The third-order valence-electron chi connectivity index (χ3n) is 5.89. The standard InChI is InChI=1S/C25H29NO5/c1-17(24(27)26-23-10-4-7-18-6-2-3-9-22(18)23)31-25(28)19-11-13-20(14-12-19)30-16-21-8-5-15-29-21/h2-3,6,9,11-14,17,21,23H,4-5,7-8,10,15-16H2,1H3,(H,26,27)/t17-,21+,23-/m1/s1. The molecule has 0 aromatic heterocycles. The van der Waals surface area contributed by atoms with E-state index in [4.69, 9.17) is 14.2 Å². The van der Waals surface area contributed by atoms with Crippen LogP contribution in [0.3, 0.4) is 0 Å². The normalized spacial score (nSPS) is 21.1. The Morgan fingerprint density at radius 3 is 2.68 bits per heavy atom. The molecule has 1 aliphatic heterocycles. The van der Waals surface area contributed by atoms with Crippen molar-refractivity contribution in [3.8, 4) is 5.75 Å². The first-order valence-electron chi connectivity index (χ1n) is 11.0. The highest BCUT2D eigenvalue weighted by molar-refractivity contribution is 5.92. The Labute approximate surface area is 182 Å². The molecule has 0 bridgehead atoms. The third-order valence-corrected chi connectivity index (χ3v) is 5.89. The van der Waals surface area contributed by atoms with Crippen LogP contribution in [0, 0.1) is 0 Å². The summed E-state index contributed by atoms with van der Waals surface area (Å²) in [6, 6.07) is 14.9. The van der Waals surface area contributed by atoms with E-state index in [0.29, 0.717) is 17.9 Å². The van der Waals surface area contributed by atoms with E-state index in [9.17, 15) is 9.59 Å². The monoisotopic (exact) mass is 423 g/mol. The zero-order valence-corrected chi connectivity index (χ0v) is 17.8. The number of benzene rings is 2. The van der Waals surface area contributed by atoms with Gasteiger partial charge in [0.2, 0.25) is 0 Å². The fraction of sp³-hybridized carbons (Fsp3) is 0.440. The van der Waals surface area contributed by atoms with Crippen LogP contribution < -0.4 is 10.1 Å². The summed E-state index contributed by atoms with van der Waals surface area (Å²) in [6.45, 7) is 2.89. The number of nitrogens with one attached hydrogen (secondary N) is 1. The summed E-state index contributed by atoms with van der Waals surface area (Å²) in [5.74, 6) is -0.141. The number of amides is 1. The van der Waals surface area contributed by atoms with Crippen molar-refractivity contribution in [3.63, 3.8) is 0 Å². The fourth-order valence-electron chi connectivity index (χ4n) is 4.13. The molecule has 164 valence electrons. The second-order valence-corrected chi connectivity index (χ2v) is 8.17. The largest absolute Gasteiger partial charge is 0.491 e. The van der Waals surface area contributed by atoms with Gasteiger partial charge in [-0.3, -0.25) is 4.79 Å². The van der Waals surface area contributed by atoms with Crippen LogP contribution in [-0.4, -0.2) is 37.3 Å². The summed E-state index contributed by atoms with van der Waals surface area (Å²) < 4.78 is 16.7. The van der Waals surface area contributed by atoms with Gasteiger partial charge in [-0.1, -0.05) is 24.3 Å². The number of hydrogen-bond donors (Lipinski definition) is 1. The van der Waals surface area contributed by atoms with E-state index in [1.165, 1.54) is 5.56 Å². The predicted octanol–water partition coefficient (Wildman–Crippen LogP) is 3.98. The van der Waals surface area contributed by atoms with Gasteiger partial charge in [0.05, 0.1) is 17.7 Å². The van der Waals surface area contributed by atoms with Crippen molar-refractivity contribution in [1.82, 2.24) is 5.32 Å². The van der Waals surface area contributed by atoms with Crippen molar-refractivity contribution >= 4 is 11.9 Å². The third kappa shape index (κ3) is 5.44. The maximum absolute atomic E-state index is 12.6. The average Bonchev–Trinajstić information content (AvgIpc) is 3.32. The zero-order valence-electron chi connectivity index (χ0n) is 17.8. The molecule has 0 spiro atoms. The molecule has 1 aliphatic carbocycles. The fourth-order valence-corrected chi connectivity index (χ4v) is 4.13. The maximum Gasteiger partial charge on any atom is 0.338 e. The van der Waals surface area contributed by atoms with Crippen molar-refractivity contribution in [1.29, 1.82) is 0 Å². The maximum atomic E-state index is 12.6. The minimum Gasteiger partial charge on any atom is -0.491 e. The molecule has 2 aliphatic rings. The highest BCUT2D eigenvalue weighted by Crippen LogP contribution is 2.29. The van der Waals surface area contributed by atoms with Crippen molar-refractivity contribution in [2.45, 2.75) is 57.3 Å². The smallest absolute Gasteiger partial charge is 0.338 e. The van der Waals surface area contributed by atoms with Crippen LogP contribution in [0.1, 0.15) is 60.1 Å². The predicted molar refractivity (Wildman–Crippen MR) is 116 cm³/mol. The molecular formula is C25H29NO5. The number of hydrogen-bond acceptors (Lipinski definition) is 5. The highest BCUT2D eigenvalue weighted by Gasteiger charge is 2.25. The summed E-state index contributed by atoms with van der Waals surface area (Å²) >= 11 is 0. The molecule has 0 unspecified atom stereocenters. The van der Waals surface area contributed by atoms with Crippen LogP contribution in [0.15, 0.2) is 48.5 Å². The first-order valence-corrected chi connectivity index (χ1v) is 11.0. The van der Waals surface area contributed by atoms with Gasteiger partial charge in [-0.2, -0.15) is 0 Å². The van der Waals surface area contributed by atoms with Crippen LogP contribution in [0.4, 0.5) is 0 Å².